The summed E-state index contributed by atoms with van der Waals surface area (Å²) in [6.07, 6.45) is 3.18. The zero-order valence-corrected chi connectivity index (χ0v) is 15.0. The Hall–Kier alpha value is -0.730. The van der Waals surface area contributed by atoms with Gasteiger partial charge in [0.15, 0.2) is 0 Å². The van der Waals surface area contributed by atoms with E-state index in [1.165, 1.54) is 11.3 Å². The van der Waals surface area contributed by atoms with Crippen LogP contribution in [-0.4, -0.2) is 18.6 Å². The topological polar surface area (TPSA) is 29.3 Å². The molecule has 0 radical (unpaired) electrons. The highest BCUT2D eigenvalue weighted by Crippen LogP contribution is 2.30. The average molecular weight is 311 g/mol. The maximum atomic E-state index is 6.27. The van der Waals surface area contributed by atoms with E-state index in [0.29, 0.717) is 12.0 Å². The predicted molar refractivity (Wildman–Crippen MR) is 95.4 cm³/mol. The van der Waals surface area contributed by atoms with Crippen LogP contribution in [0, 0.1) is 5.92 Å². The summed E-state index contributed by atoms with van der Waals surface area (Å²) in [5, 5.41) is 0.804. The minimum atomic E-state index is 0.160. The van der Waals surface area contributed by atoms with E-state index in [4.69, 9.17) is 17.3 Å². The molecule has 0 heterocycles. The van der Waals surface area contributed by atoms with Gasteiger partial charge < -0.3 is 10.6 Å². The van der Waals surface area contributed by atoms with Crippen LogP contribution in [0.4, 0.5) is 5.69 Å². The van der Waals surface area contributed by atoms with Gasteiger partial charge in [-0.3, -0.25) is 0 Å². The van der Waals surface area contributed by atoms with Crippen molar-refractivity contribution in [2.75, 3.05) is 11.4 Å². The van der Waals surface area contributed by atoms with E-state index < -0.39 is 0 Å². The molecule has 2 nitrogen and oxygen atoms in total. The smallest absolute Gasteiger partial charge is 0.0426 e. The molecular formula is C18H31ClN2. The van der Waals surface area contributed by atoms with Gasteiger partial charge in [-0.15, -0.1) is 0 Å². The maximum absolute atomic E-state index is 6.27. The molecule has 0 spiro atoms. The third kappa shape index (κ3) is 5.52. The SMILES string of the molecule is CCC(CC)N(CC(C)C)c1cc(Cl)ccc1CC(C)N. The third-order valence-electron chi connectivity index (χ3n) is 3.84. The fourth-order valence-electron chi connectivity index (χ4n) is 2.89. The van der Waals surface area contributed by atoms with Crippen molar-refractivity contribution >= 4 is 17.3 Å². The van der Waals surface area contributed by atoms with Crippen LogP contribution in [0.15, 0.2) is 18.2 Å². The van der Waals surface area contributed by atoms with E-state index in [1.807, 2.05) is 6.07 Å². The molecule has 0 bridgehead atoms. The second kappa shape index (κ2) is 8.65. The van der Waals surface area contributed by atoms with Crippen LogP contribution < -0.4 is 10.6 Å². The minimum absolute atomic E-state index is 0.160. The van der Waals surface area contributed by atoms with Crippen LogP contribution >= 0.6 is 11.6 Å². The van der Waals surface area contributed by atoms with Crippen molar-refractivity contribution < 1.29 is 0 Å². The standard InChI is InChI=1S/C18H31ClN2/c1-6-17(7-2)21(12-13(3)4)18-11-16(19)9-8-15(18)10-14(5)20/h8-9,11,13-14,17H,6-7,10,12,20H2,1-5H3. The Balaban J connectivity index is 3.23. The van der Waals surface area contributed by atoms with Gasteiger partial charge in [-0.2, -0.15) is 0 Å². The summed E-state index contributed by atoms with van der Waals surface area (Å²) in [7, 11) is 0. The zero-order chi connectivity index (χ0) is 16.0. The van der Waals surface area contributed by atoms with Gasteiger partial charge in [0.25, 0.3) is 0 Å². The van der Waals surface area contributed by atoms with Gasteiger partial charge in [0.1, 0.15) is 0 Å². The molecule has 2 N–H and O–H groups in total. The van der Waals surface area contributed by atoms with E-state index in [1.54, 1.807) is 0 Å². The van der Waals surface area contributed by atoms with Crippen molar-refractivity contribution in [3.05, 3.63) is 28.8 Å². The van der Waals surface area contributed by atoms with Crippen LogP contribution in [0.25, 0.3) is 0 Å². The number of nitrogens with two attached hydrogens (primary N) is 1. The van der Waals surface area contributed by atoms with Gasteiger partial charge in [0.2, 0.25) is 0 Å². The van der Waals surface area contributed by atoms with E-state index >= 15 is 0 Å². The summed E-state index contributed by atoms with van der Waals surface area (Å²) in [6.45, 7) is 12.2. The van der Waals surface area contributed by atoms with Crippen LogP contribution in [0.2, 0.25) is 5.02 Å². The first-order valence-corrected chi connectivity index (χ1v) is 8.57. The van der Waals surface area contributed by atoms with Gasteiger partial charge in [-0.1, -0.05) is 45.4 Å². The molecule has 1 rings (SSSR count). The van der Waals surface area contributed by atoms with E-state index in [0.717, 1.165) is 30.8 Å². The molecule has 1 aromatic rings. The highest BCUT2D eigenvalue weighted by Gasteiger charge is 2.20. The fourth-order valence-corrected chi connectivity index (χ4v) is 3.06. The third-order valence-corrected chi connectivity index (χ3v) is 4.08. The lowest BCUT2D eigenvalue weighted by molar-refractivity contribution is 0.505. The van der Waals surface area contributed by atoms with Crippen molar-refractivity contribution in [3.63, 3.8) is 0 Å². The summed E-state index contributed by atoms with van der Waals surface area (Å²) < 4.78 is 0. The number of hydrogen-bond donors (Lipinski definition) is 1. The lowest BCUT2D eigenvalue weighted by Crippen LogP contribution is -2.38. The molecular weight excluding hydrogens is 280 g/mol. The first kappa shape index (κ1) is 18.3. The first-order chi connectivity index (χ1) is 9.88. The Morgan fingerprint density at radius 3 is 2.24 bits per heavy atom. The molecule has 0 saturated carbocycles. The van der Waals surface area contributed by atoms with Crippen LogP contribution in [0.3, 0.4) is 0 Å². The molecule has 1 unspecified atom stereocenters. The lowest BCUT2D eigenvalue weighted by Gasteiger charge is -2.36. The van der Waals surface area contributed by atoms with E-state index in [2.05, 4.69) is 51.7 Å². The molecule has 0 aromatic heterocycles. The molecule has 21 heavy (non-hydrogen) atoms. The lowest BCUT2D eigenvalue weighted by atomic mass is 10.0. The second-order valence-electron chi connectivity index (χ2n) is 6.47. The Morgan fingerprint density at radius 2 is 1.76 bits per heavy atom. The summed E-state index contributed by atoms with van der Waals surface area (Å²) in [6, 6.07) is 6.94. The summed E-state index contributed by atoms with van der Waals surface area (Å²) >= 11 is 6.27. The highest BCUT2D eigenvalue weighted by atomic mass is 35.5. The van der Waals surface area contributed by atoms with Gasteiger partial charge in [-0.05, 0) is 49.8 Å². The normalized spacial score (nSPS) is 13.0. The Labute approximate surface area is 135 Å². The largest absolute Gasteiger partial charge is 0.368 e. The van der Waals surface area contributed by atoms with Crippen molar-refractivity contribution in [1.29, 1.82) is 0 Å². The van der Waals surface area contributed by atoms with Crippen LogP contribution in [-0.2, 0) is 6.42 Å². The quantitative estimate of drug-likeness (QED) is 0.741. The minimum Gasteiger partial charge on any atom is -0.368 e. The van der Waals surface area contributed by atoms with E-state index in [9.17, 15) is 0 Å². The Kier molecular flexibility index (Phi) is 7.55. The van der Waals surface area contributed by atoms with Gasteiger partial charge in [0.05, 0.1) is 0 Å². The summed E-state index contributed by atoms with van der Waals surface area (Å²) in [5.41, 5.74) is 8.60. The fraction of sp³-hybridized carbons (Fsp3) is 0.667. The summed E-state index contributed by atoms with van der Waals surface area (Å²) in [4.78, 5) is 2.54. The highest BCUT2D eigenvalue weighted by molar-refractivity contribution is 6.30. The molecule has 0 fully saturated rings. The predicted octanol–water partition coefficient (Wildman–Crippen LogP) is 4.88. The number of benzene rings is 1. The van der Waals surface area contributed by atoms with Gasteiger partial charge >= 0.3 is 0 Å². The second-order valence-corrected chi connectivity index (χ2v) is 6.91. The molecule has 0 saturated heterocycles. The molecule has 3 heteroatoms. The average Bonchev–Trinajstić information content (AvgIpc) is 2.40. The number of nitrogens with zero attached hydrogens (tertiary/aromatic N) is 1. The van der Waals surface area contributed by atoms with E-state index in [-0.39, 0.29) is 6.04 Å². The number of rotatable bonds is 8. The van der Waals surface area contributed by atoms with Crippen molar-refractivity contribution in [2.24, 2.45) is 11.7 Å². The number of hydrogen-bond acceptors (Lipinski definition) is 2. The van der Waals surface area contributed by atoms with Gasteiger partial charge in [0, 0.05) is 29.3 Å². The molecule has 1 aromatic carbocycles. The molecule has 0 aliphatic rings. The molecule has 0 aliphatic carbocycles. The number of halogens is 1. The Morgan fingerprint density at radius 1 is 1.14 bits per heavy atom. The molecule has 0 amide bonds. The van der Waals surface area contributed by atoms with Crippen LogP contribution in [0.1, 0.15) is 53.0 Å². The maximum Gasteiger partial charge on any atom is 0.0426 e. The Bertz CT molecular complexity index is 425. The first-order valence-electron chi connectivity index (χ1n) is 8.19. The van der Waals surface area contributed by atoms with Crippen molar-refractivity contribution in [3.8, 4) is 0 Å². The molecule has 1 atom stereocenters. The van der Waals surface area contributed by atoms with Crippen molar-refractivity contribution in [1.82, 2.24) is 0 Å². The van der Waals surface area contributed by atoms with Crippen molar-refractivity contribution in [2.45, 2.75) is 66.0 Å². The summed E-state index contributed by atoms with van der Waals surface area (Å²) in [5.74, 6) is 0.618. The van der Waals surface area contributed by atoms with Crippen LogP contribution in [0.5, 0.6) is 0 Å². The monoisotopic (exact) mass is 310 g/mol. The van der Waals surface area contributed by atoms with Gasteiger partial charge in [-0.25, -0.2) is 0 Å². The number of anilines is 1. The molecule has 0 aliphatic heterocycles. The zero-order valence-electron chi connectivity index (χ0n) is 14.2. The molecule has 120 valence electrons.